The van der Waals surface area contributed by atoms with Gasteiger partial charge in [-0.1, -0.05) is 24.3 Å². The summed E-state index contributed by atoms with van der Waals surface area (Å²) >= 11 is 0. The van der Waals surface area contributed by atoms with E-state index in [2.05, 4.69) is 28.1 Å². The minimum atomic E-state index is -3.21. The molecule has 0 saturated carbocycles. The highest BCUT2D eigenvalue weighted by atomic mass is 32.2. The van der Waals surface area contributed by atoms with Gasteiger partial charge >= 0.3 is 0 Å². The van der Waals surface area contributed by atoms with E-state index in [1.54, 1.807) is 24.3 Å². The summed E-state index contributed by atoms with van der Waals surface area (Å²) in [7, 11) is -3.21. The number of amides is 2. The fraction of sp³-hybridized carbons (Fsp3) is 0.440. The molecule has 9 nitrogen and oxygen atoms in total. The molecule has 10 heteroatoms. The van der Waals surface area contributed by atoms with Gasteiger partial charge < -0.3 is 21.1 Å². The maximum Gasteiger partial charge on any atom is 0.251 e. The zero-order valence-corrected chi connectivity index (χ0v) is 20.6. The van der Waals surface area contributed by atoms with Crippen LogP contribution in [0.25, 0.3) is 0 Å². The monoisotopic (exact) mass is 500 g/mol. The van der Waals surface area contributed by atoms with Crippen LogP contribution >= 0.6 is 0 Å². The van der Waals surface area contributed by atoms with Crippen LogP contribution in [0.1, 0.15) is 44.7 Å². The Hall–Kier alpha value is -2.79. The average Bonchev–Trinajstić information content (AvgIpc) is 2.86. The molecule has 188 valence electrons. The number of hydrogen-bond donors (Lipinski definition) is 4. The molecule has 4 N–H and O–H groups in total. The molecule has 2 aromatic rings. The van der Waals surface area contributed by atoms with Gasteiger partial charge in [0, 0.05) is 49.4 Å². The van der Waals surface area contributed by atoms with E-state index in [0.717, 1.165) is 0 Å². The molecule has 2 atom stereocenters. The number of carbonyl (C=O) groups is 2. The Morgan fingerprint density at radius 1 is 1.03 bits per heavy atom. The van der Waals surface area contributed by atoms with Gasteiger partial charge in [0.1, 0.15) is 0 Å². The second-order valence-corrected chi connectivity index (χ2v) is 11.2. The highest BCUT2D eigenvalue weighted by Gasteiger charge is 2.27. The fourth-order valence-corrected chi connectivity index (χ4v) is 5.44. The van der Waals surface area contributed by atoms with Gasteiger partial charge in [0.05, 0.1) is 12.4 Å². The Morgan fingerprint density at radius 3 is 2.26 bits per heavy atom. The zero-order chi connectivity index (χ0) is 25.0. The standard InChI is InChI=1S/C25H32N4O5S/c1-35(33,34)29-12-10-21(11-13-29)28-25(32)18-8-6-17(7-9-18)24(31)27-16-23(30)22-14-19-4-2-3-5-20(19)15-26-22/h2-9,21-23,26,30H,10-16H2,1H3,(H,27,31)(H,28,32)/t22-,23+/m0/s1. The van der Waals surface area contributed by atoms with E-state index in [1.165, 1.54) is 21.7 Å². The SMILES string of the molecule is CS(=O)(=O)N1CCC(NC(=O)c2ccc(C(=O)NC[C@@H](O)[C@@H]3Cc4ccccc4CN3)cc2)CC1. The summed E-state index contributed by atoms with van der Waals surface area (Å²) in [4.78, 5) is 25.1. The predicted octanol–water partition coefficient (Wildman–Crippen LogP) is 0.646. The quantitative estimate of drug-likeness (QED) is 0.442. The molecule has 35 heavy (non-hydrogen) atoms. The maximum absolute atomic E-state index is 12.6. The van der Waals surface area contributed by atoms with Crippen LogP contribution in [-0.4, -0.2) is 73.7 Å². The van der Waals surface area contributed by atoms with Crippen molar-refractivity contribution in [3.63, 3.8) is 0 Å². The van der Waals surface area contributed by atoms with E-state index in [-0.39, 0.29) is 30.4 Å². The largest absolute Gasteiger partial charge is 0.390 e. The summed E-state index contributed by atoms with van der Waals surface area (Å²) in [6.45, 7) is 1.58. The van der Waals surface area contributed by atoms with Gasteiger partial charge in [-0.05, 0) is 54.7 Å². The molecule has 0 bridgehead atoms. The smallest absolute Gasteiger partial charge is 0.251 e. The summed E-state index contributed by atoms with van der Waals surface area (Å²) in [5.41, 5.74) is 3.26. The van der Waals surface area contributed by atoms with Crippen molar-refractivity contribution in [3.05, 3.63) is 70.8 Å². The summed E-state index contributed by atoms with van der Waals surface area (Å²) in [5, 5.41) is 19.6. The van der Waals surface area contributed by atoms with Gasteiger partial charge in [0.2, 0.25) is 10.0 Å². The number of nitrogens with one attached hydrogen (secondary N) is 3. The summed E-state index contributed by atoms with van der Waals surface area (Å²) in [6, 6.07) is 14.2. The molecule has 4 rings (SSSR count). The number of aliphatic hydroxyl groups excluding tert-OH is 1. The summed E-state index contributed by atoms with van der Waals surface area (Å²) < 4.78 is 24.7. The van der Waals surface area contributed by atoms with Crippen LogP contribution < -0.4 is 16.0 Å². The fourth-order valence-electron chi connectivity index (χ4n) is 4.57. The van der Waals surface area contributed by atoms with Crippen LogP contribution in [0, 0.1) is 0 Å². The van der Waals surface area contributed by atoms with Crippen molar-refractivity contribution in [2.75, 3.05) is 25.9 Å². The van der Waals surface area contributed by atoms with Crippen molar-refractivity contribution in [2.45, 2.75) is 44.0 Å². The van der Waals surface area contributed by atoms with Crippen molar-refractivity contribution >= 4 is 21.8 Å². The van der Waals surface area contributed by atoms with Gasteiger partial charge in [-0.2, -0.15) is 0 Å². The van der Waals surface area contributed by atoms with E-state index in [4.69, 9.17) is 0 Å². The van der Waals surface area contributed by atoms with E-state index in [1.807, 2.05) is 12.1 Å². The number of aliphatic hydroxyl groups is 1. The number of carbonyl (C=O) groups excluding carboxylic acids is 2. The third-order valence-electron chi connectivity index (χ3n) is 6.72. The number of fused-ring (bicyclic) bond motifs is 1. The molecule has 0 aromatic heterocycles. The van der Waals surface area contributed by atoms with Crippen LogP contribution in [0.4, 0.5) is 0 Å². The maximum atomic E-state index is 12.6. The molecule has 2 amide bonds. The topological polar surface area (TPSA) is 128 Å². The second kappa shape index (κ2) is 10.9. The molecular weight excluding hydrogens is 468 g/mol. The van der Waals surface area contributed by atoms with E-state index < -0.39 is 16.1 Å². The second-order valence-electron chi connectivity index (χ2n) is 9.22. The van der Waals surface area contributed by atoms with Gasteiger partial charge in [0.15, 0.2) is 0 Å². The minimum Gasteiger partial charge on any atom is -0.390 e. The lowest BCUT2D eigenvalue weighted by Crippen LogP contribution is -2.49. The van der Waals surface area contributed by atoms with Crippen LogP contribution in [0.5, 0.6) is 0 Å². The molecule has 2 heterocycles. The van der Waals surface area contributed by atoms with Crippen LogP contribution in [-0.2, 0) is 23.0 Å². The number of piperidine rings is 1. The molecule has 1 saturated heterocycles. The van der Waals surface area contributed by atoms with E-state index >= 15 is 0 Å². The van der Waals surface area contributed by atoms with Crippen molar-refractivity contribution in [1.82, 2.24) is 20.3 Å². The van der Waals surface area contributed by atoms with Gasteiger partial charge in [0.25, 0.3) is 11.8 Å². The predicted molar refractivity (Wildman–Crippen MR) is 132 cm³/mol. The third-order valence-corrected chi connectivity index (χ3v) is 8.02. The Labute approximate surface area is 206 Å². The third kappa shape index (κ3) is 6.46. The number of rotatable bonds is 7. The van der Waals surface area contributed by atoms with Crippen molar-refractivity contribution in [1.29, 1.82) is 0 Å². The molecule has 2 aliphatic rings. The summed E-state index contributed by atoms with van der Waals surface area (Å²) in [5.74, 6) is -0.575. The Bertz CT molecular complexity index is 1160. The first-order valence-corrected chi connectivity index (χ1v) is 13.7. The molecular formula is C25H32N4O5S. The number of hydrogen-bond acceptors (Lipinski definition) is 6. The van der Waals surface area contributed by atoms with Gasteiger partial charge in [-0.25, -0.2) is 12.7 Å². The van der Waals surface area contributed by atoms with Crippen LogP contribution in [0.3, 0.4) is 0 Å². The minimum absolute atomic E-state index is 0.0923. The Kier molecular flexibility index (Phi) is 7.85. The first-order chi connectivity index (χ1) is 16.7. The molecule has 0 aliphatic carbocycles. The van der Waals surface area contributed by atoms with Crippen LogP contribution in [0.15, 0.2) is 48.5 Å². The first kappa shape index (κ1) is 25.3. The summed E-state index contributed by atoms with van der Waals surface area (Å²) in [6.07, 6.45) is 2.28. The Morgan fingerprint density at radius 2 is 1.63 bits per heavy atom. The lowest BCUT2D eigenvalue weighted by molar-refractivity contribution is 0.0868. The van der Waals surface area contributed by atoms with E-state index in [0.29, 0.717) is 50.0 Å². The van der Waals surface area contributed by atoms with Gasteiger partial charge in [-0.3, -0.25) is 9.59 Å². The highest BCUT2D eigenvalue weighted by molar-refractivity contribution is 7.88. The molecule has 0 spiro atoms. The van der Waals surface area contributed by atoms with E-state index in [9.17, 15) is 23.1 Å². The Balaban J connectivity index is 1.24. The molecule has 0 radical (unpaired) electrons. The molecule has 2 aliphatic heterocycles. The van der Waals surface area contributed by atoms with Gasteiger partial charge in [-0.15, -0.1) is 0 Å². The number of sulfonamides is 1. The molecule has 2 aromatic carbocycles. The first-order valence-electron chi connectivity index (χ1n) is 11.8. The zero-order valence-electron chi connectivity index (χ0n) is 19.7. The lowest BCUT2D eigenvalue weighted by Gasteiger charge is -2.30. The lowest BCUT2D eigenvalue weighted by atomic mass is 9.93. The van der Waals surface area contributed by atoms with Crippen molar-refractivity contribution < 1.29 is 23.1 Å². The number of nitrogens with zero attached hydrogens (tertiary/aromatic N) is 1. The molecule has 0 unspecified atom stereocenters. The molecule has 1 fully saturated rings. The average molecular weight is 501 g/mol. The van der Waals surface area contributed by atoms with Crippen LogP contribution in [0.2, 0.25) is 0 Å². The van der Waals surface area contributed by atoms with Crippen molar-refractivity contribution in [2.24, 2.45) is 0 Å². The highest BCUT2D eigenvalue weighted by Crippen LogP contribution is 2.18. The van der Waals surface area contributed by atoms with Crippen molar-refractivity contribution in [3.8, 4) is 0 Å². The normalized spacial score (nSPS) is 20.0. The number of benzene rings is 2.